The van der Waals surface area contributed by atoms with Crippen LogP contribution in [0.2, 0.25) is 38.3 Å². The maximum absolute atomic E-state index is 6.57. The molecule has 0 bridgehead atoms. The second-order valence-corrected chi connectivity index (χ2v) is 15.7. The largest absolute Gasteiger partial charge is 0.455 e. The molecular weight excluding hydrogens is 298 g/mol. The first-order valence-electron chi connectivity index (χ1n) is 8.39. The Labute approximate surface area is 134 Å². The first-order chi connectivity index (χ1) is 9.83. The highest BCUT2D eigenvalue weighted by Crippen LogP contribution is 2.24. The van der Waals surface area contributed by atoms with E-state index in [4.69, 9.17) is 19.3 Å². The molecule has 0 rings (SSSR count). The molecular formula is C15H37NO3Si2. The van der Waals surface area contributed by atoms with Gasteiger partial charge in [0.05, 0.1) is 19.8 Å². The van der Waals surface area contributed by atoms with Gasteiger partial charge in [-0.1, -0.05) is 19.8 Å². The number of hydrogen-bond donors (Lipinski definition) is 1. The summed E-state index contributed by atoms with van der Waals surface area (Å²) < 4.78 is 17.4. The Hall–Kier alpha value is 0.274. The SMILES string of the molecule is CCCC[Si](C)(C)O[Si](C)(C)CCCOCCOCCN. The topological polar surface area (TPSA) is 53.7 Å². The van der Waals surface area contributed by atoms with Gasteiger partial charge in [-0.25, -0.2) is 0 Å². The van der Waals surface area contributed by atoms with Crippen LogP contribution in [0.4, 0.5) is 0 Å². The first-order valence-corrected chi connectivity index (χ1v) is 14.6. The number of nitrogens with two attached hydrogens (primary N) is 1. The molecule has 0 aliphatic rings. The standard InChI is InChI=1S/C15H37NO3Si2/c1-6-7-14-20(2,3)19-21(4,5)15-8-10-17-12-13-18-11-9-16/h6-16H2,1-5H3. The monoisotopic (exact) mass is 335 g/mol. The van der Waals surface area contributed by atoms with Gasteiger partial charge in [-0.15, -0.1) is 0 Å². The molecule has 2 N–H and O–H groups in total. The minimum Gasteiger partial charge on any atom is -0.455 e. The minimum absolute atomic E-state index is 0.578. The maximum atomic E-state index is 6.57. The van der Waals surface area contributed by atoms with E-state index in [1.165, 1.54) is 24.9 Å². The van der Waals surface area contributed by atoms with E-state index in [9.17, 15) is 0 Å². The van der Waals surface area contributed by atoms with Crippen molar-refractivity contribution < 1.29 is 13.6 Å². The van der Waals surface area contributed by atoms with Crippen molar-refractivity contribution in [2.45, 2.75) is 64.5 Å². The number of unbranched alkanes of at least 4 members (excludes halogenated alkanes) is 1. The van der Waals surface area contributed by atoms with Crippen LogP contribution in [0.5, 0.6) is 0 Å². The van der Waals surface area contributed by atoms with Crippen molar-refractivity contribution in [3.05, 3.63) is 0 Å². The van der Waals surface area contributed by atoms with E-state index in [2.05, 4.69) is 33.1 Å². The lowest BCUT2D eigenvalue weighted by atomic mass is 10.4. The highest BCUT2D eigenvalue weighted by atomic mass is 28.4. The van der Waals surface area contributed by atoms with E-state index in [1.807, 2.05) is 0 Å². The van der Waals surface area contributed by atoms with E-state index < -0.39 is 16.6 Å². The molecule has 0 aromatic carbocycles. The zero-order chi connectivity index (χ0) is 16.2. The van der Waals surface area contributed by atoms with Crippen LogP contribution >= 0.6 is 0 Å². The van der Waals surface area contributed by atoms with Crippen LogP contribution in [-0.4, -0.2) is 49.6 Å². The molecule has 21 heavy (non-hydrogen) atoms. The van der Waals surface area contributed by atoms with E-state index in [0.717, 1.165) is 13.0 Å². The fraction of sp³-hybridized carbons (Fsp3) is 1.00. The lowest BCUT2D eigenvalue weighted by Crippen LogP contribution is -2.44. The molecule has 0 spiro atoms. The van der Waals surface area contributed by atoms with Gasteiger partial charge in [0.15, 0.2) is 16.6 Å². The molecule has 0 aliphatic heterocycles. The lowest BCUT2D eigenvalue weighted by Gasteiger charge is -2.34. The first kappa shape index (κ1) is 21.3. The van der Waals surface area contributed by atoms with Crippen molar-refractivity contribution in [1.29, 1.82) is 0 Å². The Balaban J connectivity index is 3.72. The Bertz CT molecular complexity index is 251. The quantitative estimate of drug-likeness (QED) is 0.389. The van der Waals surface area contributed by atoms with Gasteiger partial charge in [0.1, 0.15) is 0 Å². The predicted molar refractivity (Wildman–Crippen MR) is 95.9 cm³/mol. The average molecular weight is 336 g/mol. The van der Waals surface area contributed by atoms with Crippen LogP contribution < -0.4 is 5.73 Å². The lowest BCUT2D eigenvalue weighted by molar-refractivity contribution is 0.0508. The second kappa shape index (κ2) is 11.8. The van der Waals surface area contributed by atoms with Crippen LogP contribution in [0.1, 0.15) is 26.2 Å². The summed E-state index contributed by atoms with van der Waals surface area (Å²) >= 11 is 0. The summed E-state index contributed by atoms with van der Waals surface area (Å²) in [4.78, 5) is 0. The van der Waals surface area contributed by atoms with Gasteiger partial charge in [-0.05, 0) is 44.7 Å². The van der Waals surface area contributed by atoms with Gasteiger partial charge < -0.3 is 19.3 Å². The van der Waals surface area contributed by atoms with E-state index in [0.29, 0.717) is 26.4 Å². The van der Waals surface area contributed by atoms with E-state index >= 15 is 0 Å². The van der Waals surface area contributed by atoms with Crippen LogP contribution in [0.3, 0.4) is 0 Å². The molecule has 6 heteroatoms. The summed E-state index contributed by atoms with van der Waals surface area (Å²) in [7, 11) is -3.00. The third kappa shape index (κ3) is 13.6. The zero-order valence-electron chi connectivity index (χ0n) is 14.9. The maximum Gasteiger partial charge on any atom is 0.173 e. The molecule has 0 aliphatic carbocycles. The molecule has 0 atom stereocenters. The molecule has 4 nitrogen and oxygen atoms in total. The predicted octanol–water partition coefficient (Wildman–Crippen LogP) is 3.60. The molecule has 0 aromatic rings. The molecule has 0 saturated heterocycles. The smallest absolute Gasteiger partial charge is 0.173 e. The Morgan fingerprint density at radius 2 is 1.29 bits per heavy atom. The van der Waals surface area contributed by atoms with Crippen molar-refractivity contribution >= 4 is 16.6 Å². The zero-order valence-corrected chi connectivity index (χ0v) is 16.9. The van der Waals surface area contributed by atoms with Crippen LogP contribution in [0.15, 0.2) is 0 Å². The third-order valence-corrected chi connectivity index (χ3v) is 10.9. The highest BCUT2D eigenvalue weighted by Gasteiger charge is 2.31. The van der Waals surface area contributed by atoms with Gasteiger partial charge in [-0.2, -0.15) is 0 Å². The van der Waals surface area contributed by atoms with Gasteiger partial charge in [0.2, 0.25) is 0 Å². The van der Waals surface area contributed by atoms with Crippen LogP contribution in [0.25, 0.3) is 0 Å². The van der Waals surface area contributed by atoms with Gasteiger partial charge in [0.25, 0.3) is 0 Å². The summed E-state index contributed by atoms with van der Waals surface area (Å²) in [6.45, 7) is 15.0. The molecule has 0 fully saturated rings. The van der Waals surface area contributed by atoms with Crippen molar-refractivity contribution in [2.24, 2.45) is 5.73 Å². The van der Waals surface area contributed by atoms with Crippen LogP contribution in [0, 0.1) is 0 Å². The molecule has 0 unspecified atom stereocenters. The Morgan fingerprint density at radius 3 is 1.81 bits per heavy atom. The molecule has 0 aromatic heterocycles. The normalized spacial score (nSPS) is 12.9. The summed E-state index contributed by atoms with van der Waals surface area (Å²) in [5, 5.41) is 0. The van der Waals surface area contributed by atoms with Crippen molar-refractivity contribution in [1.82, 2.24) is 0 Å². The van der Waals surface area contributed by atoms with Crippen LogP contribution in [-0.2, 0) is 13.6 Å². The summed E-state index contributed by atoms with van der Waals surface area (Å²) in [6, 6.07) is 2.47. The molecule has 0 saturated carbocycles. The number of rotatable bonds is 14. The number of ether oxygens (including phenoxy) is 2. The van der Waals surface area contributed by atoms with E-state index in [1.54, 1.807) is 0 Å². The van der Waals surface area contributed by atoms with Gasteiger partial charge >= 0.3 is 0 Å². The van der Waals surface area contributed by atoms with Gasteiger partial charge in [-0.3, -0.25) is 0 Å². The summed E-state index contributed by atoms with van der Waals surface area (Å²) in [6.07, 6.45) is 3.66. The molecule has 128 valence electrons. The molecule has 0 amide bonds. The molecule has 0 heterocycles. The Morgan fingerprint density at radius 1 is 0.762 bits per heavy atom. The fourth-order valence-corrected chi connectivity index (χ4v) is 11.5. The third-order valence-electron chi connectivity index (χ3n) is 3.39. The highest BCUT2D eigenvalue weighted by molar-refractivity contribution is 6.84. The summed E-state index contributed by atoms with van der Waals surface area (Å²) in [5.41, 5.74) is 5.35. The Kier molecular flexibility index (Phi) is 11.9. The minimum atomic E-state index is -1.54. The average Bonchev–Trinajstić information content (AvgIpc) is 2.38. The summed E-state index contributed by atoms with van der Waals surface area (Å²) in [5.74, 6) is 0. The second-order valence-electron chi connectivity index (χ2n) is 6.84. The van der Waals surface area contributed by atoms with Crippen molar-refractivity contribution in [3.63, 3.8) is 0 Å². The van der Waals surface area contributed by atoms with E-state index in [-0.39, 0.29) is 0 Å². The van der Waals surface area contributed by atoms with Gasteiger partial charge in [0, 0.05) is 13.2 Å². The van der Waals surface area contributed by atoms with Crippen molar-refractivity contribution in [2.75, 3.05) is 33.0 Å². The fourth-order valence-electron chi connectivity index (χ4n) is 2.46. The number of hydrogen-bond acceptors (Lipinski definition) is 4. The molecule has 0 radical (unpaired) electrons. The van der Waals surface area contributed by atoms with Crippen molar-refractivity contribution in [3.8, 4) is 0 Å².